The monoisotopic (exact) mass is 278 g/mol. The molecule has 0 atom stereocenters. The molecule has 2 aromatic rings. The molecule has 0 unspecified atom stereocenters. The van der Waals surface area contributed by atoms with E-state index in [-0.39, 0.29) is 0 Å². The first-order valence-corrected chi connectivity index (χ1v) is 7.63. The van der Waals surface area contributed by atoms with Crippen LogP contribution in [0, 0.1) is 5.92 Å². The van der Waals surface area contributed by atoms with Crippen LogP contribution in [0.25, 0.3) is 10.8 Å². The zero-order chi connectivity index (χ0) is 13.8. The van der Waals surface area contributed by atoms with Crippen molar-refractivity contribution >= 4 is 11.3 Å². The van der Waals surface area contributed by atoms with E-state index in [2.05, 4.69) is 33.0 Å². The van der Waals surface area contributed by atoms with Gasteiger partial charge in [0, 0.05) is 11.4 Å². The predicted molar refractivity (Wildman–Crippen MR) is 80.4 cm³/mol. The van der Waals surface area contributed by atoms with Gasteiger partial charge in [0.1, 0.15) is 0 Å². The van der Waals surface area contributed by atoms with Crippen molar-refractivity contribution in [1.29, 1.82) is 0 Å². The maximum absolute atomic E-state index is 5.44. The van der Waals surface area contributed by atoms with Gasteiger partial charge in [-0.25, -0.2) is 4.98 Å². The molecule has 0 saturated heterocycles. The number of thiazole rings is 1. The molecule has 0 fully saturated rings. The number of rotatable bonds is 6. The summed E-state index contributed by atoms with van der Waals surface area (Å²) in [5.41, 5.74) is 1.19. The lowest BCUT2D eigenvalue weighted by atomic mass is 10.1. The summed E-state index contributed by atoms with van der Waals surface area (Å²) in [5, 5.41) is 4.48. The molecule has 0 bridgehead atoms. The van der Waals surface area contributed by atoms with E-state index in [0.29, 0.717) is 11.8 Å². The molecular weight excluding hydrogens is 256 g/mol. The molecule has 2 rings (SSSR count). The van der Waals surface area contributed by atoms with Crippen LogP contribution in [0.3, 0.4) is 0 Å². The largest absolute Gasteiger partial charge is 0.462 e. The Morgan fingerprint density at radius 1 is 1.32 bits per heavy atom. The van der Waals surface area contributed by atoms with Crippen LogP contribution in [0.1, 0.15) is 44.2 Å². The summed E-state index contributed by atoms with van der Waals surface area (Å²) in [6.45, 7) is 10.7. The van der Waals surface area contributed by atoms with Crippen molar-refractivity contribution in [2.24, 2.45) is 5.92 Å². The summed E-state index contributed by atoms with van der Waals surface area (Å²) < 4.78 is 5.44. The molecule has 0 aliphatic carbocycles. The Kier molecular flexibility index (Phi) is 4.77. The zero-order valence-electron chi connectivity index (χ0n) is 12.1. The molecule has 3 nitrogen and oxygen atoms in total. The van der Waals surface area contributed by atoms with Crippen LogP contribution in [0.5, 0.6) is 0 Å². The third kappa shape index (κ3) is 3.67. The first kappa shape index (κ1) is 14.3. The fourth-order valence-corrected chi connectivity index (χ4v) is 3.08. The molecule has 19 heavy (non-hydrogen) atoms. The van der Waals surface area contributed by atoms with Crippen LogP contribution in [0.15, 0.2) is 22.8 Å². The van der Waals surface area contributed by atoms with Gasteiger partial charge in [0.15, 0.2) is 10.8 Å². The van der Waals surface area contributed by atoms with Crippen molar-refractivity contribution < 1.29 is 4.42 Å². The maximum atomic E-state index is 5.44. The summed E-state index contributed by atoms with van der Waals surface area (Å²) >= 11 is 1.73. The summed E-state index contributed by atoms with van der Waals surface area (Å²) in [6.07, 6.45) is 1.70. The van der Waals surface area contributed by atoms with Crippen molar-refractivity contribution in [2.75, 3.05) is 6.54 Å². The number of hydrogen-bond donors (Lipinski definition) is 1. The molecule has 0 radical (unpaired) electrons. The third-order valence-corrected chi connectivity index (χ3v) is 3.93. The van der Waals surface area contributed by atoms with E-state index in [0.717, 1.165) is 23.9 Å². The molecule has 104 valence electrons. The van der Waals surface area contributed by atoms with Gasteiger partial charge in [0.25, 0.3) is 0 Å². The van der Waals surface area contributed by atoms with Gasteiger partial charge in [-0.15, -0.1) is 11.3 Å². The second kappa shape index (κ2) is 6.35. The van der Waals surface area contributed by atoms with Crippen molar-refractivity contribution in [3.63, 3.8) is 0 Å². The summed E-state index contributed by atoms with van der Waals surface area (Å²) in [5.74, 6) is 1.97. The van der Waals surface area contributed by atoms with Crippen LogP contribution in [0.2, 0.25) is 0 Å². The third-order valence-electron chi connectivity index (χ3n) is 2.84. The van der Waals surface area contributed by atoms with Crippen LogP contribution >= 0.6 is 11.3 Å². The first-order chi connectivity index (χ1) is 9.08. The van der Waals surface area contributed by atoms with E-state index >= 15 is 0 Å². The lowest BCUT2D eigenvalue weighted by Crippen LogP contribution is -2.19. The quantitative estimate of drug-likeness (QED) is 0.857. The Labute approximate surface area is 119 Å². The highest BCUT2D eigenvalue weighted by Gasteiger charge is 2.16. The van der Waals surface area contributed by atoms with Gasteiger partial charge in [-0.05, 0) is 30.5 Å². The molecule has 0 amide bonds. The average molecular weight is 278 g/mol. The molecule has 0 saturated carbocycles. The van der Waals surface area contributed by atoms with Crippen LogP contribution in [-0.2, 0) is 6.54 Å². The fourth-order valence-electron chi connectivity index (χ4n) is 1.92. The molecule has 0 aliphatic rings. The number of nitrogens with one attached hydrogen (secondary N) is 1. The topological polar surface area (TPSA) is 38.1 Å². The lowest BCUT2D eigenvalue weighted by molar-refractivity contribution is 0.552. The van der Waals surface area contributed by atoms with Gasteiger partial charge in [0.2, 0.25) is 0 Å². The van der Waals surface area contributed by atoms with Gasteiger partial charge in [-0.2, -0.15) is 0 Å². The minimum Gasteiger partial charge on any atom is -0.462 e. The van der Waals surface area contributed by atoms with E-state index in [1.165, 1.54) is 10.6 Å². The fraction of sp³-hybridized carbons (Fsp3) is 0.533. The summed E-state index contributed by atoms with van der Waals surface area (Å²) in [4.78, 5) is 6.06. The Bertz CT molecular complexity index is 500. The molecule has 4 heteroatoms. The SMILES string of the molecule is CC(C)CNCc1sc(-c2ccco2)nc1C(C)C. The first-order valence-electron chi connectivity index (χ1n) is 6.82. The summed E-state index contributed by atoms with van der Waals surface area (Å²) in [7, 11) is 0. The van der Waals surface area contributed by atoms with Crippen molar-refractivity contribution in [3.05, 3.63) is 29.0 Å². The van der Waals surface area contributed by atoms with Gasteiger partial charge in [-0.1, -0.05) is 27.7 Å². The Balaban J connectivity index is 2.16. The minimum atomic E-state index is 0.441. The van der Waals surface area contributed by atoms with E-state index in [1.54, 1.807) is 17.6 Å². The lowest BCUT2D eigenvalue weighted by Gasteiger charge is -2.08. The molecule has 0 spiro atoms. The highest BCUT2D eigenvalue weighted by atomic mass is 32.1. The Hall–Kier alpha value is -1.13. The van der Waals surface area contributed by atoms with Gasteiger partial charge in [0.05, 0.1) is 12.0 Å². The molecule has 2 aromatic heterocycles. The smallest absolute Gasteiger partial charge is 0.162 e. The van der Waals surface area contributed by atoms with Crippen molar-refractivity contribution in [1.82, 2.24) is 10.3 Å². The average Bonchev–Trinajstić information content (AvgIpc) is 2.96. The second-order valence-electron chi connectivity index (χ2n) is 5.48. The minimum absolute atomic E-state index is 0.441. The van der Waals surface area contributed by atoms with E-state index in [4.69, 9.17) is 9.40 Å². The normalized spacial score (nSPS) is 11.7. The van der Waals surface area contributed by atoms with Crippen LogP contribution in [0.4, 0.5) is 0 Å². The van der Waals surface area contributed by atoms with Crippen LogP contribution in [-0.4, -0.2) is 11.5 Å². The molecule has 0 aromatic carbocycles. The van der Waals surface area contributed by atoms with Crippen molar-refractivity contribution in [2.45, 2.75) is 40.2 Å². The van der Waals surface area contributed by atoms with Crippen LogP contribution < -0.4 is 5.32 Å². The number of furan rings is 1. The van der Waals surface area contributed by atoms with E-state index in [1.807, 2.05) is 12.1 Å². The standard InChI is InChI=1S/C15H22N2OS/c1-10(2)8-16-9-13-14(11(3)4)17-15(19-13)12-6-5-7-18-12/h5-7,10-11,16H,8-9H2,1-4H3. The number of aromatic nitrogens is 1. The second-order valence-corrected chi connectivity index (χ2v) is 6.57. The van der Waals surface area contributed by atoms with E-state index < -0.39 is 0 Å². The van der Waals surface area contributed by atoms with E-state index in [9.17, 15) is 0 Å². The number of hydrogen-bond acceptors (Lipinski definition) is 4. The van der Waals surface area contributed by atoms with Gasteiger partial charge in [-0.3, -0.25) is 0 Å². The number of nitrogens with zero attached hydrogens (tertiary/aromatic N) is 1. The summed E-state index contributed by atoms with van der Waals surface area (Å²) in [6, 6.07) is 3.87. The van der Waals surface area contributed by atoms with Gasteiger partial charge < -0.3 is 9.73 Å². The molecule has 0 aliphatic heterocycles. The van der Waals surface area contributed by atoms with Gasteiger partial charge >= 0.3 is 0 Å². The Morgan fingerprint density at radius 3 is 2.68 bits per heavy atom. The Morgan fingerprint density at radius 2 is 2.11 bits per heavy atom. The highest BCUT2D eigenvalue weighted by molar-refractivity contribution is 7.15. The zero-order valence-corrected chi connectivity index (χ0v) is 12.9. The molecule has 2 heterocycles. The maximum Gasteiger partial charge on any atom is 0.162 e. The van der Waals surface area contributed by atoms with Crippen molar-refractivity contribution in [3.8, 4) is 10.8 Å². The molecule has 1 N–H and O–H groups in total. The molecular formula is C15H22N2OS. The highest BCUT2D eigenvalue weighted by Crippen LogP contribution is 2.31. The predicted octanol–water partition coefficient (Wildman–Crippen LogP) is 4.27.